The van der Waals surface area contributed by atoms with Gasteiger partial charge in [-0.05, 0) is 29.0 Å². The third-order valence-electron chi connectivity index (χ3n) is 5.19. The summed E-state index contributed by atoms with van der Waals surface area (Å²) in [5.41, 5.74) is 2.62. The number of carbonyl (C=O) groups excluding carboxylic acids is 2. The van der Waals surface area contributed by atoms with Crippen molar-refractivity contribution in [3.63, 3.8) is 0 Å². The summed E-state index contributed by atoms with van der Waals surface area (Å²) in [6.07, 6.45) is -1.47. The Hall–Kier alpha value is -3.06. The number of aliphatic hydroxyl groups excluding tert-OH is 1. The third kappa shape index (κ3) is 3.53. The molecule has 2 aromatic rings. The maximum atomic E-state index is 13.4. The molecule has 152 valence electrons. The maximum Gasteiger partial charge on any atom is 0.266 e. The number of nitro groups is 1. The van der Waals surface area contributed by atoms with Gasteiger partial charge in [-0.25, -0.2) is 4.90 Å². The Morgan fingerprint density at radius 1 is 0.931 bits per heavy atom. The summed E-state index contributed by atoms with van der Waals surface area (Å²) in [6.45, 7) is 7.24. The second-order valence-corrected chi connectivity index (χ2v) is 7.84. The van der Waals surface area contributed by atoms with Crippen LogP contribution in [-0.2, 0) is 0 Å². The highest BCUT2D eigenvalue weighted by Crippen LogP contribution is 2.40. The molecule has 0 spiro atoms. The molecule has 0 saturated carbocycles. The zero-order chi connectivity index (χ0) is 21.5. The molecule has 1 N–H and O–H groups in total. The number of hydrogen-bond donors (Lipinski definition) is 1. The van der Waals surface area contributed by atoms with Crippen molar-refractivity contribution in [3.05, 3.63) is 74.3 Å². The van der Waals surface area contributed by atoms with Crippen LogP contribution < -0.4 is 4.90 Å². The third-order valence-corrected chi connectivity index (χ3v) is 5.19. The first kappa shape index (κ1) is 20.7. The zero-order valence-electron chi connectivity index (χ0n) is 16.9. The smallest absolute Gasteiger partial charge is 0.266 e. The van der Waals surface area contributed by atoms with Crippen LogP contribution in [0.2, 0.25) is 0 Å². The van der Waals surface area contributed by atoms with E-state index in [0.717, 1.165) is 16.0 Å². The predicted molar refractivity (Wildman–Crippen MR) is 109 cm³/mol. The first-order valence-corrected chi connectivity index (χ1v) is 9.59. The van der Waals surface area contributed by atoms with Crippen LogP contribution in [0.25, 0.3) is 0 Å². The van der Waals surface area contributed by atoms with E-state index in [0.29, 0.717) is 5.69 Å². The van der Waals surface area contributed by atoms with Crippen LogP contribution in [-0.4, -0.2) is 28.4 Å². The molecular formula is C22H24N2O5. The fraction of sp³-hybridized carbons (Fsp3) is 0.364. The van der Waals surface area contributed by atoms with Gasteiger partial charge in [0, 0.05) is 10.5 Å². The Balaban J connectivity index is 2.20. The number of anilines is 1. The van der Waals surface area contributed by atoms with Crippen molar-refractivity contribution in [2.75, 3.05) is 11.4 Å². The summed E-state index contributed by atoms with van der Waals surface area (Å²) < 4.78 is 0. The Kier molecular flexibility index (Phi) is 5.53. The van der Waals surface area contributed by atoms with Crippen molar-refractivity contribution in [2.24, 2.45) is 0 Å². The number of carbonyl (C=O) groups is 2. The van der Waals surface area contributed by atoms with Gasteiger partial charge in [-0.3, -0.25) is 19.7 Å². The predicted octanol–water partition coefficient (Wildman–Crippen LogP) is 4.04. The number of aliphatic hydroxyl groups is 1. The largest absolute Gasteiger partial charge is 0.381 e. The molecule has 7 heteroatoms. The van der Waals surface area contributed by atoms with E-state index in [9.17, 15) is 24.8 Å². The summed E-state index contributed by atoms with van der Waals surface area (Å²) in [5, 5.41) is 21.1. The van der Waals surface area contributed by atoms with Crippen LogP contribution in [0, 0.1) is 10.1 Å². The molecule has 0 radical (unpaired) electrons. The van der Waals surface area contributed by atoms with Crippen LogP contribution in [0.1, 0.15) is 83.0 Å². The van der Waals surface area contributed by atoms with Gasteiger partial charge in [-0.15, -0.1) is 0 Å². The highest BCUT2D eigenvalue weighted by molar-refractivity contribution is 6.35. The molecule has 7 nitrogen and oxygen atoms in total. The Bertz CT molecular complexity index is 970. The Morgan fingerprint density at radius 2 is 1.45 bits per heavy atom. The molecule has 1 aliphatic rings. The van der Waals surface area contributed by atoms with E-state index in [4.69, 9.17) is 0 Å². The number of nitrogens with zero attached hydrogens (tertiary/aromatic N) is 2. The van der Waals surface area contributed by atoms with E-state index in [1.165, 1.54) is 18.2 Å². The number of hydrogen-bond acceptors (Lipinski definition) is 5. The molecule has 1 aliphatic heterocycles. The fourth-order valence-electron chi connectivity index (χ4n) is 3.80. The van der Waals surface area contributed by atoms with Crippen LogP contribution >= 0.6 is 0 Å². The summed E-state index contributed by atoms with van der Waals surface area (Å²) in [4.78, 5) is 38.0. The maximum absolute atomic E-state index is 13.4. The molecule has 0 bridgehead atoms. The topological polar surface area (TPSA) is 101 Å². The minimum Gasteiger partial charge on any atom is -0.381 e. The molecule has 0 aliphatic carbocycles. The van der Waals surface area contributed by atoms with Gasteiger partial charge >= 0.3 is 0 Å². The van der Waals surface area contributed by atoms with E-state index in [2.05, 4.69) is 0 Å². The van der Waals surface area contributed by atoms with Crippen LogP contribution in [0.3, 0.4) is 0 Å². The lowest BCUT2D eigenvalue weighted by atomic mass is 9.92. The molecule has 2 aromatic carbocycles. The number of amides is 2. The van der Waals surface area contributed by atoms with Crippen LogP contribution in [0.4, 0.5) is 5.69 Å². The molecule has 0 saturated heterocycles. The molecule has 2 amide bonds. The van der Waals surface area contributed by atoms with Gasteiger partial charge in [0.25, 0.3) is 11.8 Å². The number of imide groups is 1. The fourth-order valence-corrected chi connectivity index (χ4v) is 3.80. The highest BCUT2D eigenvalue weighted by Gasteiger charge is 2.42. The Morgan fingerprint density at radius 3 is 1.97 bits per heavy atom. The number of benzene rings is 2. The quantitative estimate of drug-likeness (QED) is 0.451. The summed E-state index contributed by atoms with van der Waals surface area (Å²) in [5.74, 6) is -0.881. The van der Waals surface area contributed by atoms with E-state index in [1.807, 2.05) is 45.9 Å². The minimum atomic E-state index is -1.47. The van der Waals surface area contributed by atoms with Gasteiger partial charge in [0.15, 0.2) is 0 Å². The second-order valence-electron chi connectivity index (χ2n) is 7.84. The average Bonchev–Trinajstić information content (AvgIpc) is 2.91. The van der Waals surface area contributed by atoms with Gasteiger partial charge in [0.05, 0.1) is 16.8 Å². The molecule has 1 atom stereocenters. The van der Waals surface area contributed by atoms with E-state index in [1.54, 1.807) is 0 Å². The lowest BCUT2D eigenvalue weighted by molar-refractivity contribution is -0.491. The van der Waals surface area contributed by atoms with E-state index < -0.39 is 29.4 Å². The van der Waals surface area contributed by atoms with Crippen molar-refractivity contribution in [2.45, 2.75) is 45.6 Å². The molecule has 3 rings (SSSR count). The number of rotatable bonds is 6. The molecule has 1 heterocycles. The normalized spacial score (nSPS) is 14.7. The standard InChI is InChI=1S/C22H24N2O5/c1-12(2)14-7-5-8-15(13(3)4)20(14)24-21(26)17-10-6-9-16(19(17)22(24)27)18(25)11-23(28)29/h5-10,12-13,18,25H,11H2,1-4H3. The van der Waals surface area contributed by atoms with Crippen molar-refractivity contribution < 1.29 is 19.6 Å². The zero-order valence-corrected chi connectivity index (χ0v) is 16.9. The highest BCUT2D eigenvalue weighted by atomic mass is 16.6. The number of para-hydroxylation sites is 1. The first-order valence-electron chi connectivity index (χ1n) is 9.59. The van der Waals surface area contributed by atoms with E-state index >= 15 is 0 Å². The molecule has 0 aromatic heterocycles. The van der Waals surface area contributed by atoms with Gasteiger partial charge in [0.1, 0.15) is 6.10 Å². The van der Waals surface area contributed by atoms with Crippen molar-refractivity contribution in [3.8, 4) is 0 Å². The molecule has 29 heavy (non-hydrogen) atoms. The van der Waals surface area contributed by atoms with Gasteiger partial charge in [-0.1, -0.05) is 58.0 Å². The number of fused-ring (bicyclic) bond motifs is 1. The summed E-state index contributed by atoms with van der Waals surface area (Å²) in [6, 6.07) is 10.2. The second kappa shape index (κ2) is 7.75. The summed E-state index contributed by atoms with van der Waals surface area (Å²) >= 11 is 0. The van der Waals surface area contributed by atoms with E-state index in [-0.39, 0.29) is 28.5 Å². The SMILES string of the molecule is CC(C)c1cccc(C(C)C)c1N1C(=O)c2cccc(C(O)C[N+](=O)[O-])c2C1=O. The van der Waals surface area contributed by atoms with Crippen molar-refractivity contribution >= 4 is 17.5 Å². The monoisotopic (exact) mass is 396 g/mol. The average molecular weight is 396 g/mol. The Labute approximate surface area is 169 Å². The van der Waals surface area contributed by atoms with Gasteiger partial charge in [0.2, 0.25) is 6.54 Å². The summed E-state index contributed by atoms with van der Waals surface area (Å²) in [7, 11) is 0. The lowest BCUT2D eigenvalue weighted by Crippen LogP contribution is -2.32. The molecular weight excluding hydrogens is 372 g/mol. The van der Waals surface area contributed by atoms with Crippen molar-refractivity contribution in [1.29, 1.82) is 0 Å². The first-order chi connectivity index (χ1) is 13.6. The van der Waals surface area contributed by atoms with Gasteiger partial charge in [-0.2, -0.15) is 0 Å². The lowest BCUT2D eigenvalue weighted by Gasteiger charge is -2.25. The van der Waals surface area contributed by atoms with Crippen LogP contribution in [0.5, 0.6) is 0 Å². The molecule has 1 unspecified atom stereocenters. The molecule has 0 fully saturated rings. The van der Waals surface area contributed by atoms with Crippen LogP contribution in [0.15, 0.2) is 36.4 Å². The van der Waals surface area contributed by atoms with Crippen molar-refractivity contribution in [1.82, 2.24) is 0 Å². The minimum absolute atomic E-state index is 0.0418. The van der Waals surface area contributed by atoms with Gasteiger partial charge < -0.3 is 5.11 Å².